The summed E-state index contributed by atoms with van der Waals surface area (Å²) < 4.78 is 68.5. The maximum Gasteiger partial charge on any atom is 0.506 e. The minimum atomic E-state index is -5.84. The van der Waals surface area contributed by atoms with Gasteiger partial charge in [-0.05, 0) is 12.1 Å². The Bertz CT molecular complexity index is 922. The summed E-state index contributed by atoms with van der Waals surface area (Å²) in [5.41, 5.74) is -5.81. The molecule has 0 unspecified atom stereocenters. The number of sulfone groups is 1. The van der Waals surface area contributed by atoms with Crippen molar-refractivity contribution in [1.29, 1.82) is 0 Å². The highest BCUT2D eigenvalue weighted by Gasteiger charge is 2.51. The third-order valence-electron chi connectivity index (χ3n) is 2.55. The molecule has 9 nitrogen and oxygen atoms in total. The summed E-state index contributed by atoms with van der Waals surface area (Å²) in [7, 11) is -5.84. The molecular formula is C12H8F3N3O6S. The average Bonchev–Trinajstić information content (AvgIpc) is 2.95. The van der Waals surface area contributed by atoms with E-state index in [4.69, 9.17) is 4.74 Å². The lowest BCUT2D eigenvalue weighted by Crippen LogP contribution is -2.23. The molecule has 1 N–H and O–H groups in total. The highest BCUT2D eigenvalue weighted by Crippen LogP contribution is 2.30. The zero-order valence-electron chi connectivity index (χ0n) is 12.2. The van der Waals surface area contributed by atoms with Crippen LogP contribution >= 0.6 is 0 Å². The van der Waals surface area contributed by atoms with Crippen LogP contribution in [0, 0.1) is 0 Å². The number of alkyl halides is 3. The Labute approximate surface area is 137 Å². The number of ether oxygens (including phenoxy) is 1. The lowest BCUT2D eigenvalue weighted by atomic mass is 10.2. The summed E-state index contributed by atoms with van der Waals surface area (Å²) in [6.45, 7) is 1.10. The van der Waals surface area contributed by atoms with Crippen molar-refractivity contribution < 1.29 is 40.3 Å². The molecule has 0 aliphatic heterocycles. The molecule has 13 heteroatoms. The van der Waals surface area contributed by atoms with E-state index in [1.807, 2.05) is 5.32 Å². The van der Waals surface area contributed by atoms with Gasteiger partial charge in [0.15, 0.2) is 0 Å². The van der Waals surface area contributed by atoms with Gasteiger partial charge in [-0.15, -0.1) is 0 Å². The monoisotopic (exact) mass is 379 g/mol. The fraction of sp³-hybridized carbons (Fsp3) is 0.167. The average molecular weight is 379 g/mol. The summed E-state index contributed by atoms with van der Waals surface area (Å²) in [5, 5.41) is 5.96. The van der Waals surface area contributed by atoms with Gasteiger partial charge < -0.3 is 9.15 Å². The van der Waals surface area contributed by atoms with Crippen LogP contribution in [-0.4, -0.2) is 36.0 Å². The van der Waals surface area contributed by atoms with Gasteiger partial charge in [-0.25, -0.2) is 8.42 Å². The third kappa shape index (κ3) is 3.93. The van der Waals surface area contributed by atoms with Gasteiger partial charge in [0.2, 0.25) is 0 Å². The van der Waals surface area contributed by atoms with Crippen molar-refractivity contribution >= 4 is 27.7 Å². The molecule has 2 rings (SSSR count). The lowest BCUT2D eigenvalue weighted by Gasteiger charge is -2.07. The number of aromatic nitrogens is 2. The predicted octanol–water partition coefficient (Wildman–Crippen LogP) is 1.54. The van der Waals surface area contributed by atoms with Gasteiger partial charge in [-0.3, -0.25) is 14.9 Å². The van der Waals surface area contributed by atoms with Crippen LogP contribution in [-0.2, 0) is 14.6 Å². The number of amides is 1. The number of hydrogen-bond donors (Lipinski definition) is 1. The van der Waals surface area contributed by atoms with Crippen LogP contribution in [0.5, 0.6) is 5.75 Å². The predicted molar refractivity (Wildman–Crippen MR) is 73.2 cm³/mol. The molecule has 0 aliphatic carbocycles. The number of carbonyl (C=O) groups excluding carboxylic acids is 2. The van der Waals surface area contributed by atoms with E-state index in [0.717, 1.165) is 6.92 Å². The van der Waals surface area contributed by atoms with Crippen molar-refractivity contribution in [2.75, 3.05) is 5.32 Å². The minimum Gasteiger partial charge on any atom is -0.426 e. The number of benzene rings is 1. The number of para-hydroxylation sites is 1. The van der Waals surface area contributed by atoms with Crippen LogP contribution in [0.4, 0.5) is 19.2 Å². The Kier molecular flexibility index (Phi) is 4.78. The largest absolute Gasteiger partial charge is 0.506 e. The highest BCUT2D eigenvalue weighted by atomic mass is 32.2. The molecule has 2 aromatic rings. The number of carbonyl (C=O) groups is 2. The van der Waals surface area contributed by atoms with Crippen LogP contribution in [0.1, 0.15) is 17.3 Å². The number of anilines is 1. The van der Waals surface area contributed by atoms with Crippen molar-refractivity contribution in [2.45, 2.75) is 17.7 Å². The molecule has 1 amide bonds. The first-order valence-corrected chi connectivity index (χ1v) is 7.74. The van der Waals surface area contributed by atoms with E-state index in [9.17, 15) is 31.2 Å². The fourth-order valence-electron chi connectivity index (χ4n) is 1.53. The molecule has 25 heavy (non-hydrogen) atoms. The second-order valence-electron chi connectivity index (χ2n) is 4.37. The smallest absolute Gasteiger partial charge is 0.426 e. The van der Waals surface area contributed by atoms with Crippen LogP contribution in [0.3, 0.4) is 0 Å². The molecule has 1 heterocycles. The fourth-order valence-corrected chi connectivity index (χ4v) is 2.07. The van der Waals surface area contributed by atoms with E-state index in [0.29, 0.717) is 0 Å². The quantitative estimate of drug-likeness (QED) is 0.626. The Morgan fingerprint density at radius 1 is 1.20 bits per heavy atom. The molecule has 0 spiro atoms. The van der Waals surface area contributed by atoms with Gasteiger partial charge in [0.25, 0.3) is 5.91 Å². The van der Waals surface area contributed by atoms with Crippen LogP contribution in [0.2, 0.25) is 0 Å². The highest BCUT2D eigenvalue weighted by molar-refractivity contribution is 7.92. The SMILES string of the molecule is CC(=O)Oc1ccccc1C(=O)Nc1nnc(S(=O)(=O)C(F)(F)F)o1. The number of esters is 1. The Morgan fingerprint density at radius 2 is 1.84 bits per heavy atom. The van der Waals surface area contributed by atoms with Crippen molar-refractivity contribution in [2.24, 2.45) is 0 Å². The van der Waals surface area contributed by atoms with Gasteiger partial charge in [0.05, 0.1) is 5.56 Å². The van der Waals surface area contributed by atoms with Gasteiger partial charge >= 0.3 is 32.6 Å². The van der Waals surface area contributed by atoms with E-state index in [-0.39, 0.29) is 11.3 Å². The van der Waals surface area contributed by atoms with E-state index >= 15 is 0 Å². The van der Waals surface area contributed by atoms with Gasteiger partial charge in [0.1, 0.15) is 5.75 Å². The van der Waals surface area contributed by atoms with Gasteiger partial charge in [0, 0.05) is 6.92 Å². The van der Waals surface area contributed by atoms with E-state index < -0.39 is 38.5 Å². The van der Waals surface area contributed by atoms with E-state index in [2.05, 4.69) is 14.6 Å². The Morgan fingerprint density at radius 3 is 2.44 bits per heavy atom. The summed E-state index contributed by atoms with van der Waals surface area (Å²) in [6, 6.07) is 4.55. The first kappa shape index (κ1) is 18.4. The Balaban J connectivity index is 2.25. The molecule has 0 saturated carbocycles. The molecule has 134 valence electrons. The van der Waals surface area contributed by atoms with Gasteiger partial charge in [-0.1, -0.05) is 22.3 Å². The molecule has 1 aromatic heterocycles. The van der Waals surface area contributed by atoms with Gasteiger partial charge in [-0.2, -0.15) is 13.2 Å². The topological polar surface area (TPSA) is 128 Å². The van der Waals surface area contributed by atoms with Crippen LogP contribution in [0.15, 0.2) is 33.9 Å². The third-order valence-corrected chi connectivity index (χ3v) is 3.78. The number of halogens is 3. The summed E-state index contributed by atoms with van der Waals surface area (Å²) in [4.78, 5) is 23.1. The number of nitrogens with one attached hydrogen (secondary N) is 1. The van der Waals surface area contributed by atoms with Crippen molar-refractivity contribution in [3.63, 3.8) is 0 Å². The van der Waals surface area contributed by atoms with Crippen molar-refractivity contribution in [1.82, 2.24) is 10.2 Å². The molecule has 0 atom stereocenters. The normalized spacial score (nSPS) is 11.8. The van der Waals surface area contributed by atoms with E-state index in [1.54, 1.807) is 0 Å². The standard InChI is InChI=1S/C12H8F3N3O6S/c1-6(19)23-8-5-3-2-4-7(8)9(20)16-10-17-18-11(24-10)25(21,22)12(13,14)15/h2-5H,1H3,(H,16,17,20). The minimum absolute atomic E-state index is 0.129. The number of nitrogens with zero attached hydrogens (tertiary/aromatic N) is 2. The number of hydrogen-bond acceptors (Lipinski definition) is 8. The zero-order chi connectivity index (χ0) is 18.8. The molecule has 0 aliphatic rings. The molecular weight excluding hydrogens is 371 g/mol. The maximum absolute atomic E-state index is 12.4. The first-order chi connectivity index (χ1) is 11.5. The second kappa shape index (κ2) is 6.51. The molecule has 0 bridgehead atoms. The van der Waals surface area contributed by atoms with Crippen LogP contribution < -0.4 is 10.1 Å². The summed E-state index contributed by atoms with van der Waals surface area (Å²) in [6.07, 6.45) is 0. The second-order valence-corrected chi connectivity index (χ2v) is 6.19. The first-order valence-electron chi connectivity index (χ1n) is 6.26. The molecule has 0 saturated heterocycles. The number of rotatable bonds is 4. The summed E-state index contributed by atoms with van der Waals surface area (Å²) >= 11 is 0. The van der Waals surface area contributed by atoms with Crippen molar-refractivity contribution in [3.8, 4) is 5.75 Å². The van der Waals surface area contributed by atoms with E-state index in [1.165, 1.54) is 24.3 Å². The maximum atomic E-state index is 12.4. The van der Waals surface area contributed by atoms with Crippen molar-refractivity contribution in [3.05, 3.63) is 29.8 Å². The molecule has 0 radical (unpaired) electrons. The summed E-state index contributed by atoms with van der Waals surface area (Å²) in [5.74, 6) is -1.82. The lowest BCUT2D eigenvalue weighted by molar-refractivity contribution is -0.131. The van der Waals surface area contributed by atoms with Crippen LogP contribution in [0.25, 0.3) is 0 Å². The zero-order valence-corrected chi connectivity index (χ0v) is 13.0. The molecule has 0 fully saturated rings. The Hall–Kier alpha value is -2.96. The molecule has 1 aromatic carbocycles.